The number of hydrogen-bond acceptors (Lipinski definition) is 5. The Morgan fingerprint density at radius 3 is 2.47 bits per heavy atom. The van der Waals surface area contributed by atoms with Crippen LogP contribution in [0.4, 0.5) is 0 Å². The normalized spacial score (nSPS) is 11.3. The van der Waals surface area contributed by atoms with E-state index in [1.807, 2.05) is 78.9 Å². The Morgan fingerprint density at radius 1 is 0.868 bits per heavy atom. The molecule has 0 aliphatic rings. The number of aliphatic carboxylic acids is 1. The van der Waals surface area contributed by atoms with Crippen LogP contribution in [0, 0.1) is 0 Å². The number of furan rings is 1. The Labute approximate surface area is 225 Å². The smallest absolute Gasteiger partial charge is 0.303 e. The Bertz CT molecular complexity index is 1830. The highest BCUT2D eigenvalue weighted by molar-refractivity contribution is 9.10. The summed E-state index contributed by atoms with van der Waals surface area (Å²) in [4.78, 5) is 34.0. The molecule has 186 valence electrons. The molecule has 6 rings (SSSR count). The molecule has 3 aromatic carbocycles. The van der Waals surface area contributed by atoms with Gasteiger partial charge < -0.3 is 9.52 Å². The molecule has 3 heterocycles. The van der Waals surface area contributed by atoms with E-state index in [1.54, 1.807) is 17.0 Å². The van der Waals surface area contributed by atoms with Crippen molar-refractivity contribution in [2.24, 2.45) is 0 Å². The fraction of sp³-hybridized carbons (Fsp3) is 0.0667. The van der Waals surface area contributed by atoms with E-state index < -0.39 is 5.97 Å². The van der Waals surface area contributed by atoms with Gasteiger partial charge in [0, 0.05) is 44.6 Å². The molecule has 7 nitrogen and oxygen atoms in total. The van der Waals surface area contributed by atoms with Crippen LogP contribution in [0.1, 0.15) is 23.2 Å². The summed E-state index contributed by atoms with van der Waals surface area (Å²) in [5.74, 6) is -0.0999. The maximum absolute atomic E-state index is 13.0. The lowest BCUT2D eigenvalue weighted by atomic mass is 10.0. The van der Waals surface area contributed by atoms with Gasteiger partial charge in [0.1, 0.15) is 5.76 Å². The fourth-order valence-electron chi connectivity index (χ4n) is 4.58. The summed E-state index contributed by atoms with van der Waals surface area (Å²) >= 11 is 3.49. The van der Waals surface area contributed by atoms with Crippen LogP contribution in [0.25, 0.3) is 50.3 Å². The van der Waals surface area contributed by atoms with Crippen LogP contribution in [-0.4, -0.2) is 31.4 Å². The van der Waals surface area contributed by atoms with Crippen molar-refractivity contribution in [1.29, 1.82) is 0 Å². The zero-order valence-corrected chi connectivity index (χ0v) is 21.6. The van der Waals surface area contributed by atoms with E-state index >= 15 is 0 Å². The van der Waals surface area contributed by atoms with E-state index in [0.29, 0.717) is 16.9 Å². The number of fused-ring (bicyclic) bond motifs is 2. The van der Waals surface area contributed by atoms with Crippen LogP contribution in [0.5, 0.6) is 0 Å². The Kier molecular flexibility index (Phi) is 6.09. The predicted octanol–water partition coefficient (Wildman–Crippen LogP) is 7.31. The number of Topliss-reactive ketones (excluding diaryl/α,β-unsaturated/α-hetero) is 1. The van der Waals surface area contributed by atoms with Gasteiger partial charge in [-0.3, -0.25) is 14.2 Å². The summed E-state index contributed by atoms with van der Waals surface area (Å²) < 4.78 is 8.21. The lowest BCUT2D eigenvalue weighted by Gasteiger charge is -2.11. The third-order valence-electron chi connectivity index (χ3n) is 6.39. The summed E-state index contributed by atoms with van der Waals surface area (Å²) in [7, 11) is 0. The van der Waals surface area contributed by atoms with Crippen molar-refractivity contribution >= 4 is 49.5 Å². The first-order valence-corrected chi connectivity index (χ1v) is 12.7. The van der Waals surface area contributed by atoms with E-state index in [1.165, 1.54) is 0 Å². The number of ketones is 1. The minimum atomic E-state index is -1.01. The average molecular weight is 566 g/mol. The van der Waals surface area contributed by atoms with Crippen molar-refractivity contribution in [1.82, 2.24) is 14.5 Å². The van der Waals surface area contributed by atoms with Gasteiger partial charge in [-0.25, -0.2) is 9.97 Å². The topological polar surface area (TPSA) is 98.2 Å². The number of carbonyl (C=O) groups excluding carboxylic acids is 1. The van der Waals surface area contributed by atoms with E-state index in [-0.39, 0.29) is 18.6 Å². The van der Waals surface area contributed by atoms with Gasteiger partial charge in [-0.05, 0) is 48.5 Å². The first-order valence-electron chi connectivity index (χ1n) is 11.9. The highest BCUT2D eigenvalue weighted by Crippen LogP contribution is 2.33. The monoisotopic (exact) mass is 565 g/mol. The van der Waals surface area contributed by atoms with Gasteiger partial charge in [0.2, 0.25) is 5.95 Å². The second-order valence-electron chi connectivity index (χ2n) is 8.84. The maximum Gasteiger partial charge on any atom is 0.303 e. The van der Waals surface area contributed by atoms with Crippen molar-refractivity contribution in [2.75, 3.05) is 0 Å². The molecule has 0 saturated heterocycles. The van der Waals surface area contributed by atoms with Gasteiger partial charge in [0.25, 0.3) is 0 Å². The molecule has 38 heavy (non-hydrogen) atoms. The molecule has 0 saturated carbocycles. The van der Waals surface area contributed by atoms with Crippen molar-refractivity contribution in [3.05, 3.63) is 101 Å². The fourth-order valence-corrected chi connectivity index (χ4v) is 4.94. The molecule has 0 spiro atoms. The van der Waals surface area contributed by atoms with E-state index in [9.17, 15) is 9.59 Å². The zero-order valence-electron chi connectivity index (χ0n) is 20.0. The molecule has 0 bridgehead atoms. The van der Waals surface area contributed by atoms with E-state index in [0.717, 1.165) is 43.5 Å². The van der Waals surface area contributed by atoms with Gasteiger partial charge in [-0.1, -0.05) is 46.3 Å². The number of carbonyl (C=O) groups is 2. The summed E-state index contributed by atoms with van der Waals surface area (Å²) in [6, 6.07) is 25.2. The second kappa shape index (κ2) is 9.72. The lowest BCUT2D eigenvalue weighted by Crippen LogP contribution is -2.04. The number of rotatable bonds is 7. The van der Waals surface area contributed by atoms with Crippen LogP contribution >= 0.6 is 15.9 Å². The van der Waals surface area contributed by atoms with Crippen LogP contribution in [0.3, 0.4) is 0 Å². The van der Waals surface area contributed by atoms with Gasteiger partial charge in [0.15, 0.2) is 5.78 Å². The number of hydrogen-bond donors (Lipinski definition) is 1. The molecule has 0 fully saturated rings. The predicted molar refractivity (Wildman–Crippen MR) is 148 cm³/mol. The number of nitrogens with zero attached hydrogens (tertiary/aromatic N) is 3. The molecule has 8 heteroatoms. The minimum Gasteiger partial charge on any atom is -0.481 e. The first-order chi connectivity index (χ1) is 18.5. The van der Waals surface area contributed by atoms with Crippen molar-refractivity contribution < 1.29 is 19.1 Å². The SMILES string of the molecule is O=C(O)CCC(=O)c1cn(-c2nc(-c3ccccc3)c3cc(-c4ccco4)ccc3n2)c2ccc(Br)cc12. The number of carboxylic acid groups (broad SMARTS) is 1. The van der Waals surface area contributed by atoms with Gasteiger partial charge in [-0.2, -0.15) is 0 Å². The maximum atomic E-state index is 13.0. The summed E-state index contributed by atoms with van der Waals surface area (Å²) in [6.45, 7) is 0. The number of carboxylic acids is 1. The lowest BCUT2D eigenvalue weighted by molar-refractivity contribution is -0.136. The average Bonchev–Trinajstić information content (AvgIpc) is 3.60. The van der Waals surface area contributed by atoms with Gasteiger partial charge in [0.05, 0.1) is 29.4 Å². The van der Waals surface area contributed by atoms with Crippen molar-refractivity contribution in [3.8, 4) is 28.5 Å². The van der Waals surface area contributed by atoms with Crippen LogP contribution < -0.4 is 0 Å². The second-order valence-corrected chi connectivity index (χ2v) is 9.75. The molecule has 0 amide bonds. The molecular formula is C30H20BrN3O4. The summed E-state index contributed by atoms with van der Waals surface area (Å²) in [5.41, 5.74) is 4.50. The summed E-state index contributed by atoms with van der Waals surface area (Å²) in [6.07, 6.45) is 3.02. The van der Waals surface area contributed by atoms with E-state index in [4.69, 9.17) is 19.5 Å². The van der Waals surface area contributed by atoms with Crippen LogP contribution in [0.2, 0.25) is 0 Å². The quantitative estimate of drug-likeness (QED) is 0.204. The number of aromatic nitrogens is 3. The van der Waals surface area contributed by atoms with E-state index in [2.05, 4.69) is 15.9 Å². The minimum absolute atomic E-state index is 0.0929. The third-order valence-corrected chi connectivity index (χ3v) is 6.88. The Hall–Kier alpha value is -4.56. The standard InChI is InChI=1S/C30H20BrN3O4/c31-20-9-11-25-21(16-20)23(26(35)12-13-28(36)37)17-34(25)30-32-24-10-8-19(27-7-4-14-38-27)15-22(24)29(33-30)18-5-2-1-3-6-18/h1-11,14-17H,12-13H2,(H,36,37). The zero-order chi connectivity index (χ0) is 26.2. The highest BCUT2D eigenvalue weighted by Gasteiger charge is 2.20. The van der Waals surface area contributed by atoms with Crippen LogP contribution in [0.15, 0.2) is 100 Å². The molecule has 0 unspecified atom stereocenters. The van der Waals surface area contributed by atoms with Crippen molar-refractivity contribution in [3.63, 3.8) is 0 Å². The molecule has 3 aromatic heterocycles. The van der Waals surface area contributed by atoms with Crippen LogP contribution in [-0.2, 0) is 4.79 Å². The van der Waals surface area contributed by atoms with Gasteiger partial charge >= 0.3 is 5.97 Å². The molecular weight excluding hydrogens is 546 g/mol. The Balaban J connectivity index is 1.57. The molecule has 0 radical (unpaired) electrons. The molecule has 6 aromatic rings. The summed E-state index contributed by atoms with van der Waals surface area (Å²) in [5, 5.41) is 10.6. The third kappa shape index (κ3) is 4.39. The van der Waals surface area contributed by atoms with Gasteiger partial charge in [-0.15, -0.1) is 0 Å². The molecule has 1 N–H and O–H groups in total. The molecule has 0 aliphatic heterocycles. The van der Waals surface area contributed by atoms with Crippen molar-refractivity contribution in [2.45, 2.75) is 12.8 Å². The molecule has 0 aliphatic carbocycles. The Morgan fingerprint density at radius 2 is 1.71 bits per heavy atom. The number of halogens is 1. The first kappa shape index (κ1) is 23.8. The highest BCUT2D eigenvalue weighted by atomic mass is 79.9. The molecule has 0 atom stereocenters. The number of benzene rings is 3. The largest absolute Gasteiger partial charge is 0.481 e.